The topological polar surface area (TPSA) is 88.8 Å². The Morgan fingerprint density at radius 3 is 2.81 bits per heavy atom. The average Bonchev–Trinajstić information content (AvgIpc) is 3.34. The lowest BCUT2D eigenvalue weighted by Gasteiger charge is -2.31. The van der Waals surface area contributed by atoms with Crippen LogP contribution in [0.2, 0.25) is 0 Å². The van der Waals surface area contributed by atoms with E-state index in [4.69, 9.17) is 0 Å². The summed E-state index contributed by atoms with van der Waals surface area (Å²) in [5, 5.41) is 11.6. The van der Waals surface area contributed by atoms with Crippen molar-refractivity contribution in [2.24, 2.45) is 0 Å². The number of amides is 1. The van der Waals surface area contributed by atoms with Crippen LogP contribution < -0.4 is 5.32 Å². The van der Waals surface area contributed by atoms with E-state index in [1.165, 1.54) is 11.1 Å². The second kappa shape index (κ2) is 7.78. The van der Waals surface area contributed by atoms with Gasteiger partial charge < -0.3 is 9.88 Å². The summed E-state index contributed by atoms with van der Waals surface area (Å²) < 4.78 is 2.16. The van der Waals surface area contributed by atoms with Crippen molar-refractivity contribution >= 4 is 11.7 Å². The van der Waals surface area contributed by atoms with Crippen LogP contribution in [-0.4, -0.2) is 48.1 Å². The Balaban J connectivity index is 1.37. The van der Waals surface area contributed by atoms with Crippen molar-refractivity contribution in [3.8, 4) is 11.5 Å². The largest absolute Gasteiger partial charge is 0.305 e. The van der Waals surface area contributed by atoms with Crippen LogP contribution in [0.25, 0.3) is 11.5 Å². The summed E-state index contributed by atoms with van der Waals surface area (Å²) in [5.74, 6) is 1.93. The Hall–Kier alpha value is -3.13. The first-order valence-corrected chi connectivity index (χ1v) is 11.3. The summed E-state index contributed by atoms with van der Waals surface area (Å²) >= 11 is 0. The van der Waals surface area contributed by atoms with Crippen LogP contribution >= 0.6 is 0 Å². The van der Waals surface area contributed by atoms with Gasteiger partial charge in [-0.2, -0.15) is 0 Å². The van der Waals surface area contributed by atoms with E-state index >= 15 is 0 Å². The highest BCUT2D eigenvalue weighted by atomic mass is 16.1. The Morgan fingerprint density at radius 2 is 2.00 bits per heavy atom. The van der Waals surface area contributed by atoms with Crippen LogP contribution in [-0.2, 0) is 24.9 Å². The van der Waals surface area contributed by atoms with Gasteiger partial charge in [-0.15, -0.1) is 10.2 Å². The lowest BCUT2D eigenvalue weighted by molar-refractivity contribution is 0.102. The molecule has 5 heterocycles. The molecule has 1 amide bonds. The second-order valence-electron chi connectivity index (χ2n) is 9.60. The number of fused-ring (bicyclic) bond motifs is 2. The number of hydrogen-bond donors (Lipinski definition) is 1. The number of pyridine rings is 2. The summed E-state index contributed by atoms with van der Waals surface area (Å²) in [7, 11) is 0. The van der Waals surface area contributed by atoms with E-state index in [1.807, 2.05) is 24.4 Å². The van der Waals surface area contributed by atoms with Crippen LogP contribution in [0.5, 0.6) is 0 Å². The van der Waals surface area contributed by atoms with Gasteiger partial charge in [0.1, 0.15) is 23.0 Å². The zero-order chi connectivity index (χ0) is 22.5. The van der Waals surface area contributed by atoms with Crippen molar-refractivity contribution in [1.29, 1.82) is 0 Å². The first kappa shape index (κ1) is 20.8. The van der Waals surface area contributed by atoms with Crippen LogP contribution in [0.3, 0.4) is 0 Å². The van der Waals surface area contributed by atoms with Gasteiger partial charge in [0.25, 0.3) is 5.91 Å². The molecule has 3 aromatic heterocycles. The van der Waals surface area contributed by atoms with Crippen molar-refractivity contribution in [2.75, 3.05) is 11.9 Å². The quantitative estimate of drug-likeness (QED) is 0.681. The van der Waals surface area contributed by atoms with E-state index in [1.54, 1.807) is 6.07 Å². The molecule has 0 saturated heterocycles. The minimum absolute atomic E-state index is 0.0496. The van der Waals surface area contributed by atoms with Gasteiger partial charge in [-0.25, -0.2) is 4.98 Å². The molecule has 0 atom stereocenters. The number of carbonyl (C=O) groups excluding carboxylic acids is 1. The van der Waals surface area contributed by atoms with Crippen molar-refractivity contribution in [3.05, 3.63) is 53.1 Å². The Labute approximate surface area is 188 Å². The van der Waals surface area contributed by atoms with E-state index < -0.39 is 0 Å². The van der Waals surface area contributed by atoms with Crippen LogP contribution in [0.4, 0.5) is 5.82 Å². The van der Waals surface area contributed by atoms with E-state index in [0.29, 0.717) is 23.2 Å². The van der Waals surface area contributed by atoms with Crippen molar-refractivity contribution < 1.29 is 4.79 Å². The maximum absolute atomic E-state index is 12.9. The number of anilines is 1. The molecule has 2 aliphatic rings. The fourth-order valence-electron chi connectivity index (χ4n) is 4.64. The van der Waals surface area contributed by atoms with Gasteiger partial charge in [0.2, 0.25) is 0 Å². The third-order valence-electron chi connectivity index (χ3n) is 6.60. The normalized spacial score (nSPS) is 17.3. The summed E-state index contributed by atoms with van der Waals surface area (Å²) in [5.41, 5.74) is 3.45. The smallest absolute Gasteiger partial charge is 0.275 e. The first-order chi connectivity index (χ1) is 15.3. The van der Waals surface area contributed by atoms with Gasteiger partial charge in [0, 0.05) is 37.3 Å². The fraction of sp³-hybridized carbons (Fsp3) is 0.458. The molecule has 0 aliphatic carbocycles. The molecule has 0 aromatic carbocycles. The Kier molecular flexibility index (Phi) is 5.04. The van der Waals surface area contributed by atoms with E-state index in [-0.39, 0.29) is 11.4 Å². The number of nitrogens with zero attached hydrogens (tertiary/aromatic N) is 6. The molecule has 0 unspecified atom stereocenters. The predicted molar refractivity (Wildman–Crippen MR) is 122 cm³/mol. The molecule has 0 saturated carbocycles. The monoisotopic (exact) mass is 431 g/mol. The number of aromatic nitrogens is 5. The van der Waals surface area contributed by atoms with Crippen molar-refractivity contribution in [2.45, 2.75) is 65.1 Å². The zero-order valence-corrected chi connectivity index (χ0v) is 19.1. The molecule has 2 aliphatic heterocycles. The number of nitrogens with one attached hydrogen (secondary N) is 1. The Bertz CT molecular complexity index is 1180. The molecule has 3 aromatic rings. The second-order valence-corrected chi connectivity index (χ2v) is 9.60. The number of carbonyl (C=O) groups is 1. The molecule has 0 radical (unpaired) electrons. The first-order valence-electron chi connectivity index (χ1n) is 11.3. The maximum Gasteiger partial charge on any atom is 0.275 e. The number of rotatable bonds is 4. The number of hydrogen-bond acceptors (Lipinski definition) is 6. The minimum atomic E-state index is -0.258. The van der Waals surface area contributed by atoms with Crippen molar-refractivity contribution in [1.82, 2.24) is 29.6 Å². The highest BCUT2D eigenvalue weighted by Crippen LogP contribution is 2.34. The van der Waals surface area contributed by atoms with Gasteiger partial charge >= 0.3 is 0 Å². The average molecular weight is 432 g/mol. The molecule has 8 heteroatoms. The Morgan fingerprint density at radius 1 is 1.16 bits per heavy atom. The molecule has 0 bridgehead atoms. The van der Waals surface area contributed by atoms with Crippen LogP contribution in [0, 0.1) is 0 Å². The van der Waals surface area contributed by atoms with Gasteiger partial charge in [0.05, 0.1) is 0 Å². The maximum atomic E-state index is 12.9. The van der Waals surface area contributed by atoms with Crippen molar-refractivity contribution in [3.63, 3.8) is 0 Å². The summed E-state index contributed by atoms with van der Waals surface area (Å²) in [6.45, 7) is 10.6. The summed E-state index contributed by atoms with van der Waals surface area (Å²) in [6, 6.07) is 7.95. The molecule has 0 fully saturated rings. The van der Waals surface area contributed by atoms with Gasteiger partial charge in [0.15, 0.2) is 5.82 Å². The predicted octanol–water partition coefficient (Wildman–Crippen LogP) is 3.44. The highest BCUT2D eigenvalue weighted by molar-refractivity contribution is 6.02. The number of aryl methyl sites for hydroxylation is 1. The van der Waals surface area contributed by atoms with Gasteiger partial charge in [-0.05, 0) is 69.9 Å². The summed E-state index contributed by atoms with van der Waals surface area (Å²) in [6.07, 6.45) is 4.74. The SMILES string of the molecule is CC(C)N1CCc2cnc(C(=O)Nc3cccc(-c4nnc5n4C(C)(C)CC5)n3)cc2C1. The third kappa shape index (κ3) is 3.68. The molecule has 5 rings (SSSR count). The minimum Gasteiger partial charge on any atom is -0.305 e. The fourth-order valence-corrected chi connectivity index (χ4v) is 4.64. The molecular formula is C24H29N7O. The van der Waals surface area contributed by atoms with E-state index in [0.717, 1.165) is 44.0 Å². The van der Waals surface area contributed by atoms with Crippen LogP contribution in [0.15, 0.2) is 30.5 Å². The zero-order valence-electron chi connectivity index (χ0n) is 19.1. The molecule has 166 valence electrons. The molecule has 8 nitrogen and oxygen atoms in total. The van der Waals surface area contributed by atoms with Gasteiger partial charge in [-0.1, -0.05) is 6.07 Å². The lowest BCUT2D eigenvalue weighted by Crippen LogP contribution is -2.36. The standard InChI is InChI=1S/C24H29N7O/c1-15(2)30-11-9-16-13-25-19(12-17(16)14-30)23(32)27-20-7-5-6-18(26-20)22-29-28-21-8-10-24(3,4)31(21)22/h5-7,12-13,15H,8-11,14H2,1-4H3,(H,26,27,32). The molecule has 1 N–H and O–H groups in total. The van der Waals surface area contributed by atoms with E-state index in [2.05, 4.69) is 62.6 Å². The molecular weight excluding hydrogens is 402 g/mol. The third-order valence-corrected chi connectivity index (χ3v) is 6.60. The molecule has 0 spiro atoms. The van der Waals surface area contributed by atoms with Gasteiger partial charge in [-0.3, -0.25) is 14.7 Å². The lowest BCUT2D eigenvalue weighted by atomic mass is 10.00. The highest BCUT2D eigenvalue weighted by Gasteiger charge is 2.34. The van der Waals surface area contributed by atoms with Crippen LogP contribution in [0.1, 0.15) is 61.6 Å². The molecule has 32 heavy (non-hydrogen) atoms. The summed E-state index contributed by atoms with van der Waals surface area (Å²) in [4.78, 5) is 24.4. The van der Waals surface area contributed by atoms with E-state index in [9.17, 15) is 4.79 Å².